The second-order valence-corrected chi connectivity index (χ2v) is 7.15. The van der Waals surface area contributed by atoms with Crippen LogP contribution in [0.15, 0.2) is 48.5 Å². The standard InChI is InChI=1S/C21H15F4N5O3/c22-12-4-8-15(9-5-12)30-19(21(23,24)25)18(27-28-30)20(33)26-13-6-10-14(11-7-13)29-16(31)2-1-3-17(29)32/h4-11H,1-3H2,(H,26,33). The molecule has 33 heavy (non-hydrogen) atoms. The van der Waals surface area contributed by atoms with Crippen LogP contribution in [-0.4, -0.2) is 32.7 Å². The average Bonchev–Trinajstić information content (AvgIpc) is 3.21. The number of nitrogens with one attached hydrogen (secondary N) is 1. The number of hydrogen-bond donors (Lipinski definition) is 1. The molecule has 1 aliphatic rings. The molecule has 0 radical (unpaired) electrons. The minimum Gasteiger partial charge on any atom is -0.321 e. The van der Waals surface area contributed by atoms with Crippen LogP contribution in [0.3, 0.4) is 0 Å². The Hall–Kier alpha value is -4.09. The lowest BCUT2D eigenvalue weighted by Gasteiger charge is -2.24. The van der Waals surface area contributed by atoms with Gasteiger partial charge in [-0.3, -0.25) is 19.3 Å². The first-order chi connectivity index (χ1) is 15.6. The molecule has 0 spiro atoms. The van der Waals surface area contributed by atoms with Gasteiger partial charge in [-0.15, -0.1) is 5.10 Å². The number of nitrogens with zero attached hydrogens (tertiary/aromatic N) is 4. The molecular weight excluding hydrogens is 446 g/mol. The molecule has 3 amide bonds. The Bertz CT molecular complexity index is 1200. The van der Waals surface area contributed by atoms with Crippen LogP contribution in [0.4, 0.5) is 28.9 Å². The van der Waals surface area contributed by atoms with Gasteiger partial charge in [-0.1, -0.05) is 5.21 Å². The number of hydrogen-bond acceptors (Lipinski definition) is 5. The van der Waals surface area contributed by atoms with Crippen molar-refractivity contribution in [3.05, 3.63) is 65.7 Å². The maximum absolute atomic E-state index is 13.7. The second kappa shape index (κ2) is 8.45. The van der Waals surface area contributed by atoms with Crippen LogP contribution in [0.2, 0.25) is 0 Å². The number of amides is 3. The highest BCUT2D eigenvalue weighted by Crippen LogP contribution is 2.33. The van der Waals surface area contributed by atoms with Gasteiger partial charge in [-0.05, 0) is 55.0 Å². The molecule has 0 unspecified atom stereocenters. The summed E-state index contributed by atoms with van der Waals surface area (Å²) in [5.74, 6) is -2.53. The van der Waals surface area contributed by atoms with Gasteiger partial charge < -0.3 is 5.32 Å². The number of anilines is 2. The Balaban J connectivity index is 1.59. The van der Waals surface area contributed by atoms with Gasteiger partial charge in [0.25, 0.3) is 5.91 Å². The minimum absolute atomic E-state index is 0.116. The van der Waals surface area contributed by atoms with Crippen molar-refractivity contribution in [2.24, 2.45) is 0 Å². The Labute approximate surface area is 183 Å². The van der Waals surface area contributed by atoms with Gasteiger partial charge in [0.1, 0.15) is 5.82 Å². The van der Waals surface area contributed by atoms with E-state index in [4.69, 9.17) is 0 Å². The Kier molecular flexibility index (Phi) is 5.66. The molecule has 0 bridgehead atoms. The maximum atomic E-state index is 13.7. The summed E-state index contributed by atoms with van der Waals surface area (Å²) in [5.41, 5.74) is -2.12. The summed E-state index contributed by atoms with van der Waals surface area (Å²) in [6, 6.07) is 9.55. The summed E-state index contributed by atoms with van der Waals surface area (Å²) in [6.07, 6.45) is -4.05. The van der Waals surface area contributed by atoms with Crippen molar-refractivity contribution in [3.8, 4) is 5.69 Å². The third-order valence-electron chi connectivity index (χ3n) is 4.89. The van der Waals surface area contributed by atoms with Crippen LogP contribution in [0.1, 0.15) is 35.4 Å². The van der Waals surface area contributed by atoms with Gasteiger partial charge in [0.15, 0.2) is 11.4 Å². The topological polar surface area (TPSA) is 97.2 Å². The number of piperidine rings is 1. The predicted molar refractivity (Wildman–Crippen MR) is 107 cm³/mol. The van der Waals surface area contributed by atoms with Crippen LogP contribution in [0, 0.1) is 5.82 Å². The van der Waals surface area contributed by atoms with E-state index in [1.54, 1.807) is 0 Å². The predicted octanol–water partition coefficient (Wildman–Crippen LogP) is 3.72. The lowest BCUT2D eigenvalue weighted by Crippen LogP contribution is -2.40. The first-order valence-electron chi connectivity index (χ1n) is 9.71. The van der Waals surface area contributed by atoms with Crippen molar-refractivity contribution >= 4 is 29.1 Å². The zero-order chi connectivity index (χ0) is 23.8. The number of imide groups is 1. The molecule has 1 N–H and O–H groups in total. The number of carbonyl (C=O) groups is 3. The molecule has 0 aliphatic carbocycles. The van der Waals surface area contributed by atoms with E-state index in [9.17, 15) is 31.9 Å². The zero-order valence-electron chi connectivity index (χ0n) is 16.8. The van der Waals surface area contributed by atoms with Crippen molar-refractivity contribution in [3.63, 3.8) is 0 Å². The lowest BCUT2D eigenvalue weighted by atomic mass is 10.1. The van der Waals surface area contributed by atoms with Gasteiger partial charge in [-0.2, -0.15) is 13.2 Å². The van der Waals surface area contributed by atoms with Crippen molar-refractivity contribution < 1.29 is 31.9 Å². The molecule has 3 aromatic rings. The van der Waals surface area contributed by atoms with E-state index >= 15 is 0 Å². The number of alkyl halides is 3. The molecule has 0 saturated carbocycles. The van der Waals surface area contributed by atoms with Gasteiger partial charge in [0.2, 0.25) is 11.8 Å². The summed E-state index contributed by atoms with van der Waals surface area (Å²) in [4.78, 5) is 37.6. The molecule has 2 aromatic carbocycles. The Morgan fingerprint density at radius 3 is 2.06 bits per heavy atom. The van der Waals surface area contributed by atoms with Gasteiger partial charge in [0, 0.05) is 18.5 Å². The first-order valence-corrected chi connectivity index (χ1v) is 9.71. The summed E-state index contributed by atoms with van der Waals surface area (Å²) in [5, 5.41) is 9.09. The van der Waals surface area contributed by atoms with Crippen molar-refractivity contribution in [1.29, 1.82) is 0 Å². The fourth-order valence-corrected chi connectivity index (χ4v) is 3.38. The molecule has 1 aromatic heterocycles. The van der Waals surface area contributed by atoms with Crippen molar-refractivity contribution in [2.75, 3.05) is 10.2 Å². The quantitative estimate of drug-likeness (QED) is 0.472. The lowest BCUT2D eigenvalue weighted by molar-refractivity contribution is -0.143. The fourth-order valence-electron chi connectivity index (χ4n) is 3.38. The van der Waals surface area contributed by atoms with E-state index in [0.29, 0.717) is 16.8 Å². The molecular formula is C21H15F4N5O3. The molecule has 0 atom stereocenters. The van der Waals surface area contributed by atoms with Crippen LogP contribution in [-0.2, 0) is 15.8 Å². The molecule has 170 valence electrons. The Morgan fingerprint density at radius 2 is 1.48 bits per heavy atom. The number of aromatic nitrogens is 3. The van der Waals surface area contributed by atoms with Crippen molar-refractivity contribution in [1.82, 2.24) is 15.0 Å². The monoisotopic (exact) mass is 461 g/mol. The largest absolute Gasteiger partial charge is 0.435 e. The molecule has 8 nitrogen and oxygen atoms in total. The second-order valence-electron chi connectivity index (χ2n) is 7.15. The van der Waals surface area contributed by atoms with E-state index in [2.05, 4.69) is 15.6 Å². The number of rotatable bonds is 4. The number of carbonyl (C=O) groups excluding carboxylic acids is 3. The highest BCUT2D eigenvalue weighted by molar-refractivity contribution is 6.16. The highest BCUT2D eigenvalue weighted by atomic mass is 19.4. The third kappa shape index (κ3) is 4.45. The van der Waals surface area contributed by atoms with E-state index in [-0.39, 0.29) is 36.0 Å². The maximum Gasteiger partial charge on any atom is 0.435 e. The molecule has 4 rings (SSSR count). The molecule has 1 saturated heterocycles. The van der Waals surface area contributed by atoms with Crippen LogP contribution >= 0.6 is 0 Å². The van der Waals surface area contributed by atoms with E-state index in [0.717, 1.165) is 29.2 Å². The summed E-state index contributed by atoms with van der Waals surface area (Å²) >= 11 is 0. The van der Waals surface area contributed by atoms with Gasteiger partial charge >= 0.3 is 6.18 Å². The molecule has 12 heteroatoms. The smallest absolute Gasteiger partial charge is 0.321 e. The third-order valence-corrected chi connectivity index (χ3v) is 4.89. The summed E-state index contributed by atoms with van der Waals surface area (Å²) in [7, 11) is 0. The van der Waals surface area contributed by atoms with E-state index < -0.39 is 29.3 Å². The SMILES string of the molecule is O=C(Nc1ccc(N2C(=O)CCCC2=O)cc1)c1nnn(-c2ccc(F)cc2)c1C(F)(F)F. The highest BCUT2D eigenvalue weighted by Gasteiger charge is 2.42. The van der Waals surface area contributed by atoms with Crippen molar-refractivity contribution in [2.45, 2.75) is 25.4 Å². The zero-order valence-corrected chi connectivity index (χ0v) is 16.8. The summed E-state index contributed by atoms with van der Waals surface area (Å²) in [6.45, 7) is 0. The van der Waals surface area contributed by atoms with Crippen LogP contribution in [0.5, 0.6) is 0 Å². The first kappa shape index (κ1) is 22.1. The average molecular weight is 461 g/mol. The van der Waals surface area contributed by atoms with E-state index in [1.165, 1.54) is 24.3 Å². The normalized spacial score (nSPS) is 14.5. The Morgan fingerprint density at radius 1 is 0.909 bits per heavy atom. The molecule has 2 heterocycles. The minimum atomic E-state index is -4.98. The molecule has 1 aliphatic heterocycles. The van der Waals surface area contributed by atoms with Crippen LogP contribution < -0.4 is 10.2 Å². The van der Waals surface area contributed by atoms with Crippen LogP contribution in [0.25, 0.3) is 5.69 Å². The van der Waals surface area contributed by atoms with E-state index in [1.807, 2.05) is 0 Å². The summed E-state index contributed by atoms with van der Waals surface area (Å²) < 4.78 is 54.7. The number of halogens is 4. The number of benzene rings is 2. The molecule has 1 fully saturated rings. The van der Waals surface area contributed by atoms with Gasteiger partial charge in [-0.25, -0.2) is 9.07 Å². The fraction of sp³-hybridized carbons (Fsp3) is 0.190. The van der Waals surface area contributed by atoms with Gasteiger partial charge in [0.05, 0.1) is 11.4 Å².